The molecule has 3 aliphatic carbocycles. The molecule has 2 bridgehead atoms. The number of thioether (sulfide) groups is 1. The summed E-state index contributed by atoms with van der Waals surface area (Å²) in [6.07, 6.45) is 5.27. The number of aromatic nitrogens is 1. The van der Waals surface area contributed by atoms with Crippen molar-refractivity contribution in [1.82, 2.24) is 15.6 Å². The van der Waals surface area contributed by atoms with Crippen LogP contribution in [0.25, 0.3) is 11.1 Å². The van der Waals surface area contributed by atoms with Crippen LogP contribution >= 0.6 is 11.8 Å². The van der Waals surface area contributed by atoms with Gasteiger partial charge in [-0.1, -0.05) is 84.6 Å². The molecule has 1 aromatic heterocycles. The normalized spacial score (nSPS) is 24.7. The summed E-state index contributed by atoms with van der Waals surface area (Å²) in [5.74, 6) is 0.451. The number of pyridine rings is 1. The Morgan fingerprint density at radius 2 is 1.50 bits per heavy atom. The van der Waals surface area contributed by atoms with Crippen molar-refractivity contribution in [3.63, 3.8) is 0 Å². The maximum Gasteiger partial charge on any atom is 0.229 e. The molecule has 4 aliphatic rings. The molecular formula is C33H29N3OS. The number of carbonyl (C=O) groups excluding carboxylic acids is 1. The van der Waals surface area contributed by atoms with Gasteiger partial charge >= 0.3 is 0 Å². The van der Waals surface area contributed by atoms with Gasteiger partial charge in [0.2, 0.25) is 5.91 Å². The lowest BCUT2D eigenvalue weighted by atomic mass is 9.52. The zero-order chi connectivity index (χ0) is 25.7. The van der Waals surface area contributed by atoms with Gasteiger partial charge in [0.25, 0.3) is 0 Å². The van der Waals surface area contributed by atoms with Crippen LogP contribution in [0.5, 0.6) is 0 Å². The first-order chi connectivity index (χ1) is 18.6. The fourth-order valence-corrected chi connectivity index (χ4v) is 7.45. The Bertz CT molecular complexity index is 1500. The Hall–Kier alpha value is -3.83. The predicted octanol–water partition coefficient (Wildman–Crippen LogP) is 6.56. The lowest BCUT2D eigenvalue weighted by Crippen LogP contribution is -2.53. The summed E-state index contributed by atoms with van der Waals surface area (Å²) in [6.45, 7) is 2.16. The summed E-state index contributed by atoms with van der Waals surface area (Å²) >= 11 is 1.64. The predicted molar refractivity (Wildman–Crippen MR) is 153 cm³/mol. The monoisotopic (exact) mass is 515 g/mol. The van der Waals surface area contributed by atoms with Crippen molar-refractivity contribution in [3.8, 4) is 11.1 Å². The standard InChI is InChI=1S/C33H29N3OS/c1-33(19-29-25-6-2-4-8-27(25)30(33)28-9-5-3-7-26(28)29)31(37)36-32-35-24(20-38-32)18-21-10-12-22(13-11-21)23-14-16-34-17-15-23/h2-17,20,29-30,32,35H,18-19H2,1H3,(H,36,37). The lowest BCUT2D eigenvalue weighted by Gasteiger charge is -2.51. The number of benzene rings is 3. The first kappa shape index (κ1) is 23.3. The number of nitrogens with one attached hydrogen (secondary N) is 2. The van der Waals surface area contributed by atoms with E-state index in [4.69, 9.17) is 0 Å². The van der Waals surface area contributed by atoms with Crippen LogP contribution in [0.1, 0.15) is 53.0 Å². The fraction of sp³-hybridized carbons (Fsp3) is 0.212. The number of nitrogens with zero attached hydrogens (tertiary/aromatic N) is 1. The van der Waals surface area contributed by atoms with Crippen molar-refractivity contribution in [2.45, 2.75) is 37.1 Å². The molecule has 0 saturated heterocycles. The molecule has 8 rings (SSSR count). The average molecular weight is 516 g/mol. The van der Waals surface area contributed by atoms with Gasteiger partial charge in [0.1, 0.15) is 0 Å². The molecule has 0 saturated carbocycles. The first-order valence-corrected chi connectivity index (χ1v) is 14.1. The summed E-state index contributed by atoms with van der Waals surface area (Å²) in [5, 5.41) is 9.02. The minimum atomic E-state index is -0.499. The van der Waals surface area contributed by atoms with Crippen molar-refractivity contribution in [2.24, 2.45) is 5.41 Å². The number of amides is 1. The van der Waals surface area contributed by atoms with Gasteiger partial charge in [-0.05, 0) is 69.8 Å². The Morgan fingerprint density at radius 1 is 0.895 bits per heavy atom. The highest BCUT2D eigenvalue weighted by atomic mass is 32.2. The van der Waals surface area contributed by atoms with E-state index in [0.717, 1.165) is 18.5 Å². The summed E-state index contributed by atoms with van der Waals surface area (Å²) in [7, 11) is 0. The zero-order valence-corrected chi connectivity index (χ0v) is 22.0. The smallest absolute Gasteiger partial charge is 0.229 e. The van der Waals surface area contributed by atoms with E-state index < -0.39 is 5.41 Å². The molecule has 2 atom stereocenters. The van der Waals surface area contributed by atoms with E-state index in [1.165, 1.54) is 38.9 Å². The molecule has 188 valence electrons. The lowest BCUT2D eigenvalue weighted by molar-refractivity contribution is -0.132. The molecule has 2 N–H and O–H groups in total. The van der Waals surface area contributed by atoms with Crippen LogP contribution in [0.3, 0.4) is 0 Å². The molecule has 4 nitrogen and oxygen atoms in total. The SMILES string of the molecule is CC1(C(=O)NC2NC(Cc3ccc(-c4ccncc4)cc3)=CS2)CC2c3ccccc3C1c1ccccc12. The summed E-state index contributed by atoms with van der Waals surface area (Å²) in [4.78, 5) is 18.0. The van der Waals surface area contributed by atoms with E-state index in [1.807, 2.05) is 24.5 Å². The van der Waals surface area contributed by atoms with Gasteiger partial charge in [-0.15, -0.1) is 0 Å². The van der Waals surface area contributed by atoms with Gasteiger partial charge in [0.15, 0.2) is 5.50 Å². The molecule has 2 unspecified atom stereocenters. The second kappa shape index (κ2) is 9.17. The summed E-state index contributed by atoms with van der Waals surface area (Å²) < 4.78 is 0. The Morgan fingerprint density at radius 3 is 2.16 bits per heavy atom. The molecule has 1 aliphatic heterocycles. The molecular weight excluding hydrogens is 486 g/mol. The van der Waals surface area contributed by atoms with Crippen LogP contribution in [-0.4, -0.2) is 16.4 Å². The largest absolute Gasteiger partial charge is 0.359 e. The molecule has 3 aromatic carbocycles. The highest BCUT2D eigenvalue weighted by Gasteiger charge is 2.54. The third kappa shape index (κ3) is 3.84. The second-order valence-corrected chi connectivity index (χ2v) is 11.7. The minimum absolute atomic E-state index is 0.0673. The van der Waals surface area contributed by atoms with E-state index in [9.17, 15) is 4.79 Å². The van der Waals surface area contributed by atoms with Gasteiger partial charge in [-0.2, -0.15) is 0 Å². The maximum absolute atomic E-state index is 13.9. The number of hydrogen-bond donors (Lipinski definition) is 2. The van der Waals surface area contributed by atoms with E-state index >= 15 is 0 Å². The summed E-state index contributed by atoms with van der Waals surface area (Å²) in [5.41, 5.74) is 9.43. The Labute approximate surface area is 227 Å². The molecule has 1 amide bonds. The van der Waals surface area contributed by atoms with Gasteiger partial charge in [0, 0.05) is 36.3 Å². The molecule has 0 spiro atoms. The molecule has 0 fully saturated rings. The van der Waals surface area contributed by atoms with Crippen LogP contribution in [-0.2, 0) is 11.2 Å². The van der Waals surface area contributed by atoms with E-state index in [1.54, 1.807) is 11.8 Å². The van der Waals surface area contributed by atoms with Gasteiger partial charge in [-0.25, -0.2) is 0 Å². The second-order valence-electron chi connectivity index (χ2n) is 10.8. The van der Waals surface area contributed by atoms with Gasteiger partial charge < -0.3 is 10.6 Å². The van der Waals surface area contributed by atoms with Crippen molar-refractivity contribution in [1.29, 1.82) is 0 Å². The molecule has 38 heavy (non-hydrogen) atoms. The zero-order valence-electron chi connectivity index (χ0n) is 21.2. The number of hydrogen-bond acceptors (Lipinski definition) is 4. The van der Waals surface area contributed by atoms with Crippen LogP contribution in [0, 0.1) is 5.41 Å². The third-order valence-corrected chi connectivity index (χ3v) is 9.36. The molecule has 2 heterocycles. The van der Waals surface area contributed by atoms with Gasteiger partial charge in [0.05, 0.1) is 5.41 Å². The van der Waals surface area contributed by atoms with Crippen LogP contribution in [0.2, 0.25) is 0 Å². The van der Waals surface area contributed by atoms with E-state index in [2.05, 4.69) is 101 Å². The Kier molecular flexibility index (Phi) is 5.62. The number of allylic oxidation sites excluding steroid dienone is 1. The number of carbonyl (C=O) groups is 1. The number of fused-ring (bicyclic) bond motifs is 1. The van der Waals surface area contributed by atoms with Crippen molar-refractivity contribution in [2.75, 3.05) is 0 Å². The fourth-order valence-electron chi connectivity index (χ4n) is 6.60. The van der Waals surface area contributed by atoms with Gasteiger partial charge in [-0.3, -0.25) is 9.78 Å². The van der Waals surface area contributed by atoms with Crippen LogP contribution < -0.4 is 10.6 Å². The van der Waals surface area contributed by atoms with Crippen molar-refractivity contribution in [3.05, 3.63) is 136 Å². The van der Waals surface area contributed by atoms with Crippen LogP contribution in [0.4, 0.5) is 0 Å². The van der Waals surface area contributed by atoms with Crippen molar-refractivity contribution >= 4 is 17.7 Å². The Balaban J connectivity index is 1.05. The number of rotatable bonds is 5. The maximum atomic E-state index is 13.9. The van der Waals surface area contributed by atoms with Crippen LogP contribution in [0.15, 0.2) is 108 Å². The first-order valence-electron chi connectivity index (χ1n) is 13.2. The quantitative estimate of drug-likeness (QED) is 0.316. The molecule has 5 heteroatoms. The minimum Gasteiger partial charge on any atom is -0.359 e. The van der Waals surface area contributed by atoms with E-state index in [-0.39, 0.29) is 23.2 Å². The van der Waals surface area contributed by atoms with Crippen molar-refractivity contribution < 1.29 is 4.79 Å². The highest BCUT2D eigenvalue weighted by molar-refractivity contribution is 8.02. The summed E-state index contributed by atoms with van der Waals surface area (Å²) in [6, 6.07) is 30.1. The molecule has 0 radical (unpaired) electrons. The third-order valence-electron chi connectivity index (χ3n) is 8.44. The topological polar surface area (TPSA) is 54.0 Å². The highest BCUT2D eigenvalue weighted by Crippen LogP contribution is 2.61. The van der Waals surface area contributed by atoms with E-state index in [0.29, 0.717) is 0 Å². The average Bonchev–Trinajstić information content (AvgIpc) is 3.40. The molecule has 4 aromatic rings.